The van der Waals surface area contributed by atoms with Crippen LogP contribution in [0.1, 0.15) is 5.56 Å². The molecule has 0 atom stereocenters. The molecule has 0 saturated heterocycles. The van der Waals surface area contributed by atoms with Gasteiger partial charge in [-0.05, 0) is 34.1 Å². The lowest BCUT2D eigenvalue weighted by atomic mass is 10.1. The van der Waals surface area contributed by atoms with E-state index in [1.165, 1.54) is 24.3 Å². The zero-order valence-electron chi connectivity index (χ0n) is 7.91. The lowest BCUT2D eigenvalue weighted by molar-refractivity contribution is 1.41. The molecule has 0 fully saturated rings. The summed E-state index contributed by atoms with van der Waals surface area (Å²) < 4.78 is 0. The van der Waals surface area contributed by atoms with E-state index < -0.39 is 0 Å². The Bertz CT molecular complexity index is 533. The molecule has 1 aromatic carbocycles. The normalized spacial score (nSPS) is 8.38. The second-order valence-corrected chi connectivity index (χ2v) is 2.71. The van der Waals surface area contributed by atoms with Crippen molar-refractivity contribution in [2.24, 2.45) is 10.4 Å². The van der Waals surface area contributed by atoms with Crippen LogP contribution < -0.4 is 0 Å². The molecule has 0 spiro atoms. The fourth-order valence-electron chi connectivity index (χ4n) is 1.04. The van der Waals surface area contributed by atoms with Crippen LogP contribution in [0.4, 0.5) is 11.4 Å². The Labute approximate surface area is 90.4 Å². The van der Waals surface area contributed by atoms with Crippen molar-refractivity contribution in [3.8, 4) is 12.1 Å². The predicted octanol–water partition coefficient (Wildman–Crippen LogP) is 2.91. The first kappa shape index (κ1) is 11.2. The van der Waals surface area contributed by atoms with Crippen LogP contribution in [-0.4, -0.2) is 0 Å². The summed E-state index contributed by atoms with van der Waals surface area (Å²) >= 11 is 0. The van der Waals surface area contributed by atoms with E-state index in [1.807, 2.05) is 0 Å². The summed E-state index contributed by atoms with van der Waals surface area (Å²) in [7, 11) is 0. The van der Waals surface area contributed by atoms with Crippen molar-refractivity contribution < 1.29 is 0 Å². The van der Waals surface area contributed by atoms with Crippen LogP contribution >= 0.6 is 0 Å². The number of hydrogen-bond donors (Lipinski definition) is 0. The molecule has 6 nitrogen and oxygen atoms in total. The Morgan fingerprint density at radius 3 is 2.25 bits per heavy atom. The van der Waals surface area contributed by atoms with Crippen molar-refractivity contribution >= 4 is 17.5 Å². The van der Waals surface area contributed by atoms with E-state index in [9.17, 15) is 9.81 Å². The Morgan fingerprint density at radius 2 is 1.75 bits per heavy atom. The minimum atomic E-state index is -0.126. The quantitative estimate of drug-likeness (QED) is 0.566. The fraction of sp³-hybridized carbons (Fsp3) is 0. The highest BCUT2D eigenvalue weighted by molar-refractivity contribution is 5.70. The van der Waals surface area contributed by atoms with E-state index in [0.717, 1.165) is 0 Å². The molecule has 0 bridgehead atoms. The first-order valence-electron chi connectivity index (χ1n) is 4.07. The zero-order valence-corrected chi connectivity index (χ0v) is 7.91. The van der Waals surface area contributed by atoms with Gasteiger partial charge in [0.25, 0.3) is 0 Å². The van der Waals surface area contributed by atoms with E-state index in [2.05, 4.69) is 10.4 Å². The molecule has 0 heterocycles. The predicted molar refractivity (Wildman–Crippen MR) is 56.6 cm³/mol. The molecule has 0 aliphatic rings. The second-order valence-electron chi connectivity index (χ2n) is 2.71. The topological polar surface area (TPSA) is 106 Å². The number of nitroso groups, excluding NO2 is 2. The molecular formula is C10H4N4O2. The zero-order chi connectivity index (χ0) is 12.0. The molecule has 0 N–H and O–H groups in total. The van der Waals surface area contributed by atoms with Gasteiger partial charge in [0.2, 0.25) is 0 Å². The molecule has 6 heteroatoms. The molecular weight excluding hydrogens is 208 g/mol. The number of nitrogens with zero attached hydrogens (tertiary/aromatic N) is 4. The van der Waals surface area contributed by atoms with Gasteiger partial charge in [-0.2, -0.15) is 10.5 Å². The lowest BCUT2D eigenvalue weighted by Crippen LogP contribution is -1.76. The standard InChI is InChI=1S/C10H4N4O2/c11-5-8(6-12)3-7-1-2-9(13-15)10(4-7)14-16/h1-4H. The van der Waals surface area contributed by atoms with Gasteiger partial charge in [0, 0.05) is 0 Å². The van der Waals surface area contributed by atoms with Crippen molar-refractivity contribution in [2.45, 2.75) is 0 Å². The summed E-state index contributed by atoms with van der Waals surface area (Å²) in [5.41, 5.74) is 0.116. The van der Waals surface area contributed by atoms with E-state index in [-0.39, 0.29) is 16.9 Å². The highest BCUT2D eigenvalue weighted by atomic mass is 16.3. The van der Waals surface area contributed by atoms with E-state index in [0.29, 0.717) is 5.56 Å². The number of rotatable bonds is 3. The van der Waals surface area contributed by atoms with Gasteiger partial charge in [-0.25, -0.2) is 0 Å². The monoisotopic (exact) mass is 212 g/mol. The summed E-state index contributed by atoms with van der Waals surface area (Å²) in [6.45, 7) is 0. The minimum Gasteiger partial charge on any atom is -0.192 e. The van der Waals surface area contributed by atoms with Gasteiger partial charge in [0.1, 0.15) is 29.1 Å². The van der Waals surface area contributed by atoms with E-state index in [4.69, 9.17) is 10.5 Å². The summed E-state index contributed by atoms with van der Waals surface area (Å²) in [5, 5.41) is 22.3. The van der Waals surface area contributed by atoms with Crippen LogP contribution in [0.3, 0.4) is 0 Å². The molecule has 1 aromatic rings. The third kappa shape index (κ3) is 2.34. The molecule has 76 valence electrons. The van der Waals surface area contributed by atoms with Gasteiger partial charge in [0.15, 0.2) is 0 Å². The van der Waals surface area contributed by atoms with Crippen molar-refractivity contribution in [2.75, 3.05) is 0 Å². The van der Waals surface area contributed by atoms with Gasteiger partial charge in [0.05, 0.1) is 0 Å². The largest absolute Gasteiger partial charge is 0.192 e. The molecule has 0 aliphatic carbocycles. The maximum atomic E-state index is 10.4. The number of benzene rings is 1. The molecule has 1 rings (SSSR count). The van der Waals surface area contributed by atoms with Gasteiger partial charge in [-0.15, -0.1) is 9.81 Å². The van der Waals surface area contributed by atoms with Crippen LogP contribution in [0, 0.1) is 32.5 Å². The van der Waals surface area contributed by atoms with Gasteiger partial charge in [-0.1, -0.05) is 6.07 Å². The molecule has 0 radical (unpaired) electrons. The maximum Gasteiger partial charge on any atom is 0.137 e. The molecule has 0 aromatic heterocycles. The maximum absolute atomic E-state index is 10.4. The Balaban J connectivity index is 3.26. The SMILES string of the molecule is N#CC(C#N)=Cc1ccc(N=O)c(N=O)c1. The van der Waals surface area contributed by atoms with Crippen LogP contribution in [0.5, 0.6) is 0 Å². The van der Waals surface area contributed by atoms with Crippen molar-refractivity contribution in [1.29, 1.82) is 10.5 Å². The lowest BCUT2D eigenvalue weighted by Gasteiger charge is -1.96. The van der Waals surface area contributed by atoms with Crippen molar-refractivity contribution in [1.82, 2.24) is 0 Å². The van der Waals surface area contributed by atoms with Crippen LogP contribution in [-0.2, 0) is 0 Å². The molecule has 0 amide bonds. The van der Waals surface area contributed by atoms with Crippen molar-refractivity contribution in [3.05, 3.63) is 39.1 Å². The summed E-state index contributed by atoms with van der Waals surface area (Å²) in [4.78, 5) is 20.6. The minimum absolute atomic E-state index is 0.0809. The molecule has 0 unspecified atom stereocenters. The van der Waals surface area contributed by atoms with E-state index in [1.54, 1.807) is 12.1 Å². The Hall–Kier alpha value is -2.86. The number of allylic oxidation sites excluding steroid dienone is 1. The van der Waals surface area contributed by atoms with E-state index >= 15 is 0 Å². The first-order chi connectivity index (χ1) is 7.74. The fourth-order valence-corrected chi connectivity index (χ4v) is 1.04. The van der Waals surface area contributed by atoms with Gasteiger partial charge < -0.3 is 0 Å². The number of hydrogen-bond acceptors (Lipinski definition) is 6. The summed E-state index contributed by atoms with van der Waals surface area (Å²) in [6.07, 6.45) is 1.28. The molecule has 0 aliphatic heterocycles. The Kier molecular flexibility index (Phi) is 3.59. The van der Waals surface area contributed by atoms with Gasteiger partial charge >= 0.3 is 0 Å². The summed E-state index contributed by atoms with van der Waals surface area (Å²) in [6, 6.07) is 7.37. The highest BCUT2D eigenvalue weighted by Crippen LogP contribution is 2.29. The molecule has 0 saturated carbocycles. The van der Waals surface area contributed by atoms with Crippen molar-refractivity contribution in [3.63, 3.8) is 0 Å². The third-order valence-corrected chi connectivity index (χ3v) is 1.75. The second kappa shape index (κ2) is 5.13. The Morgan fingerprint density at radius 1 is 1.12 bits per heavy atom. The third-order valence-electron chi connectivity index (χ3n) is 1.75. The highest BCUT2D eigenvalue weighted by Gasteiger charge is 2.04. The van der Waals surface area contributed by atoms with Crippen LogP contribution in [0.2, 0.25) is 0 Å². The van der Waals surface area contributed by atoms with Crippen LogP contribution in [0.25, 0.3) is 6.08 Å². The van der Waals surface area contributed by atoms with Gasteiger partial charge in [-0.3, -0.25) is 0 Å². The average molecular weight is 212 g/mol. The average Bonchev–Trinajstić information content (AvgIpc) is 2.35. The number of nitriles is 2. The molecule has 16 heavy (non-hydrogen) atoms. The van der Waals surface area contributed by atoms with Crippen LogP contribution in [0.15, 0.2) is 34.1 Å². The summed E-state index contributed by atoms with van der Waals surface area (Å²) in [5.74, 6) is 0. The smallest absolute Gasteiger partial charge is 0.137 e. The first-order valence-corrected chi connectivity index (χ1v) is 4.07.